The summed E-state index contributed by atoms with van der Waals surface area (Å²) < 4.78 is 0. The first-order chi connectivity index (χ1) is 13.8. The van der Waals surface area contributed by atoms with E-state index in [1.807, 2.05) is 48.5 Å². The van der Waals surface area contributed by atoms with Crippen molar-refractivity contribution in [2.45, 2.75) is 35.1 Å². The number of fused-ring (bicyclic) bond motifs is 1. The third-order valence-electron chi connectivity index (χ3n) is 5.03. The minimum absolute atomic E-state index is 0.0434. The fourth-order valence-corrected chi connectivity index (χ4v) is 4.67. The topological polar surface area (TPSA) is 52.9 Å². The Bertz CT molecular complexity index is 1050. The van der Waals surface area contributed by atoms with Crippen LogP contribution in [-0.2, 0) is 6.42 Å². The molecule has 0 saturated carbocycles. The largest absolute Gasteiger partial charge is 0.345 e. The predicted octanol–water partition coefficient (Wildman–Crippen LogP) is 5.52. The van der Waals surface area contributed by atoms with Crippen LogP contribution < -0.4 is 5.32 Å². The zero-order valence-corrected chi connectivity index (χ0v) is 16.2. The first-order valence-corrected chi connectivity index (χ1v) is 10.2. The number of nitriles is 1. The zero-order chi connectivity index (χ0) is 19.3. The van der Waals surface area contributed by atoms with Crippen LogP contribution >= 0.6 is 11.8 Å². The molecule has 1 atom stereocenters. The molecule has 1 N–H and O–H groups in total. The summed E-state index contributed by atoms with van der Waals surface area (Å²) in [6.07, 6.45) is 3.10. The van der Waals surface area contributed by atoms with Crippen LogP contribution in [0.15, 0.2) is 82.6 Å². The normalized spacial score (nSPS) is 15.3. The Morgan fingerprint density at radius 2 is 1.68 bits per heavy atom. The van der Waals surface area contributed by atoms with E-state index in [2.05, 4.69) is 29.6 Å². The number of carbonyl (C=O) groups is 1. The molecule has 3 nitrogen and oxygen atoms in total. The van der Waals surface area contributed by atoms with Gasteiger partial charge in [0.05, 0.1) is 17.2 Å². The summed E-state index contributed by atoms with van der Waals surface area (Å²) in [5, 5.41) is 12.6. The Balaban J connectivity index is 1.59. The van der Waals surface area contributed by atoms with Crippen LogP contribution in [0.3, 0.4) is 0 Å². The molecule has 0 spiro atoms. The second kappa shape index (κ2) is 8.33. The monoisotopic (exact) mass is 384 g/mol. The van der Waals surface area contributed by atoms with Gasteiger partial charge in [-0.1, -0.05) is 60.3 Å². The highest BCUT2D eigenvalue weighted by Crippen LogP contribution is 2.34. The van der Waals surface area contributed by atoms with Gasteiger partial charge in [0.1, 0.15) is 6.07 Å². The van der Waals surface area contributed by atoms with Crippen LogP contribution in [0, 0.1) is 11.3 Å². The molecule has 1 unspecified atom stereocenters. The number of benzene rings is 3. The van der Waals surface area contributed by atoms with Crippen molar-refractivity contribution in [2.75, 3.05) is 0 Å². The summed E-state index contributed by atoms with van der Waals surface area (Å²) in [6, 6.07) is 25.7. The molecule has 0 radical (unpaired) electrons. The molecule has 0 aromatic heterocycles. The maximum Gasteiger partial charge on any atom is 0.252 e. The lowest BCUT2D eigenvalue weighted by atomic mass is 9.87. The van der Waals surface area contributed by atoms with Crippen molar-refractivity contribution >= 4 is 17.7 Å². The maximum atomic E-state index is 13.1. The van der Waals surface area contributed by atoms with E-state index in [1.54, 1.807) is 6.07 Å². The van der Waals surface area contributed by atoms with Gasteiger partial charge in [-0.25, -0.2) is 0 Å². The Hall–Kier alpha value is -3.03. The highest BCUT2D eigenvalue weighted by Gasteiger charge is 2.23. The maximum absolute atomic E-state index is 13.1. The van der Waals surface area contributed by atoms with E-state index in [-0.39, 0.29) is 11.9 Å². The van der Waals surface area contributed by atoms with Crippen LogP contribution in [0.25, 0.3) is 0 Å². The molecule has 1 amide bonds. The van der Waals surface area contributed by atoms with Crippen LogP contribution in [0.1, 0.15) is 45.9 Å². The molecular weight excluding hydrogens is 364 g/mol. The van der Waals surface area contributed by atoms with Crippen molar-refractivity contribution in [3.05, 3.63) is 95.1 Å². The molecule has 0 aliphatic heterocycles. The van der Waals surface area contributed by atoms with Gasteiger partial charge < -0.3 is 5.32 Å². The summed E-state index contributed by atoms with van der Waals surface area (Å²) >= 11 is 1.46. The molecule has 28 heavy (non-hydrogen) atoms. The Labute approximate surface area is 169 Å². The van der Waals surface area contributed by atoms with E-state index in [0.717, 1.165) is 29.1 Å². The van der Waals surface area contributed by atoms with E-state index in [1.165, 1.54) is 22.9 Å². The van der Waals surface area contributed by atoms with Crippen molar-refractivity contribution in [1.82, 2.24) is 5.32 Å². The number of hydrogen-bond acceptors (Lipinski definition) is 3. The molecule has 4 heteroatoms. The molecule has 138 valence electrons. The van der Waals surface area contributed by atoms with Crippen molar-refractivity contribution in [2.24, 2.45) is 0 Å². The van der Waals surface area contributed by atoms with E-state index in [4.69, 9.17) is 0 Å². The minimum atomic E-state index is -0.0701. The first-order valence-electron chi connectivity index (χ1n) is 9.41. The average molecular weight is 385 g/mol. The third kappa shape index (κ3) is 3.81. The van der Waals surface area contributed by atoms with E-state index in [0.29, 0.717) is 11.1 Å². The second-order valence-corrected chi connectivity index (χ2v) is 7.91. The molecule has 0 bridgehead atoms. The van der Waals surface area contributed by atoms with Crippen LogP contribution in [0.2, 0.25) is 0 Å². The van der Waals surface area contributed by atoms with Gasteiger partial charge in [0.2, 0.25) is 0 Å². The van der Waals surface area contributed by atoms with Gasteiger partial charge in [0.25, 0.3) is 5.91 Å². The molecule has 1 aliphatic rings. The van der Waals surface area contributed by atoms with Gasteiger partial charge in [-0.05, 0) is 54.7 Å². The van der Waals surface area contributed by atoms with Crippen molar-refractivity contribution < 1.29 is 4.79 Å². The number of rotatable bonds is 4. The van der Waals surface area contributed by atoms with Gasteiger partial charge in [-0.2, -0.15) is 5.26 Å². The number of aryl methyl sites for hydroxylation is 1. The SMILES string of the molecule is N#Cc1ccccc1Sc1ccccc1C(=O)NC1CCCc2ccccc21. The molecular formula is C24H20N2OS. The van der Waals surface area contributed by atoms with E-state index >= 15 is 0 Å². The summed E-state index contributed by atoms with van der Waals surface area (Å²) in [7, 11) is 0. The Morgan fingerprint density at radius 1 is 0.964 bits per heavy atom. The molecule has 4 rings (SSSR count). The predicted molar refractivity (Wildman–Crippen MR) is 111 cm³/mol. The number of carbonyl (C=O) groups excluding carboxylic acids is 1. The highest BCUT2D eigenvalue weighted by atomic mass is 32.2. The average Bonchev–Trinajstić information content (AvgIpc) is 2.75. The van der Waals surface area contributed by atoms with Crippen LogP contribution in [0.4, 0.5) is 0 Å². The number of hydrogen-bond donors (Lipinski definition) is 1. The minimum Gasteiger partial charge on any atom is -0.345 e. The third-order valence-corrected chi connectivity index (χ3v) is 6.19. The lowest BCUT2D eigenvalue weighted by Crippen LogP contribution is -2.31. The smallest absolute Gasteiger partial charge is 0.252 e. The number of nitrogens with zero attached hydrogens (tertiary/aromatic N) is 1. The quantitative estimate of drug-likeness (QED) is 0.645. The van der Waals surface area contributed by atoms with Crippen molar-refractivity contribution in [3.8, 4) is 6.07 Å². The van der Waals surface area contributed by atoms with E-state index in [9.17, 15) is 10.1 Å². The fraction of sp³-hybridized carbons (Fsp3) is 0.167. The van der Waals surface area contributed by atoms with Gasteiger partial charge in [0, 0.05) is 9.79 Å². The molecule has 3 aromatic carbocycles. The summed E-state index contributed by atoms with van der Waals surface area (Å²) in [5.41, 5.74) is 3.80. The van der Waals surface area contributed by atoms with Crippen molar-refractivity contribution in [3.63, 3.8) is 0 Å². The molecule has 0 saturated heterocycles. The van der Waals surface area contributed by atoms with Gasteiger partial charge in [0.15, 0.2) is 0 Å². The standard InChI is InChI=1S/C24H20N2OS/c25-16-18-9-2-5-14-22(18)28-23-15-6-4-12-20(23)24(27)26-21-13-7-10-17-8-1-3-11-19(17)21/h1-6,8-9,11-12,14-15,21H,7,10,13H2,(H,26,27). The summed E-state index contributed by atoms with van der Waals surface area (Å²) in [6.45, 7) is 0. The van der Waals surface area contributed by atoms with Gasteiger partial charge >= 0.3 is 0 Å². The molecule has 3 aromatic rings. The van der Waals surface area contributed by atoms with Crippen LogP contribution in [-0.4, -0.2) is 5.91 Å². The van der Waals surface area contributed by atoms with Gasteiger partial charge in [-0.15, -0.1) is 0 Å². The molecule has 1 aliphatic carbocycles. The number of amides is 1. The van der Waals surface area contributed by atoms with Gasteiger partial charge in [-0.3, -0.25) is 4.79 Å². The Kier molecular flexibility index (Phi) is 5.45. The second-order valence-electron chi connectivity index (χ2n) is 6.82. The molecule has 0 heterocycles. The summed E-state index contributed by atoms with van der Waals surface area (Å²) in [5.74, 6) is -0.0701. The molecule has 0 fully saturated rings. The first kappa shape index (κ1) is 18.3. The zero-order valence-electron chi connectivity index (χ0n) is 15.4. The van der Waals surface area contributed by atoms with Crippen LogP contribution in [0.5, 0.6) is 0 Å². The lowest BCUT2D eigenvalue weighted by molar-refractivity contribution is 0.0930. The van der Waals surface area contributed by atoms with Crippen molar-refractivity contribution in [1.29, 1.82) is 5.26 Å². The Morgan fingerprint density at radius 3 is 2.54 bits per heavy atom. The number of nitrogens with one attached hydrogen (secondary N) is 1. The highest BCUT2D eigenvalue weighted by molar-refractivity contribution is 7.99. The fourth-order valence-electron chi connectivity index (χ4n) is 3.65. The van der Waals surface area contributed by atoms with E-state index < -0.39 is 0 Å². The summed E-state index contributed by atoms with van der Waals surface area (Å²) in [4.78, 5) is 14.8. The lowest BCUT2D eigenvalue weighted by Gasteiger charge is -2.26.